The van der Waals surface area contributed by atoms with Crippen molar-refractivity contribution in [3.63, 3.8) is 0 Å². The summed E-state index contributed by atoms with van der Waals surface area (Å²) >= 11 is 0. The van der Waals surface area contributed by atoms with Crippen LogP contribution in [-0.4, -0.2) is 68.9 Å². The fourth-order valence-electron chi connectivity index (χ4n) is 5.19. The molecule has 0 radical (unpaired) electrons. The summed E-state index contributed by atoms with van der Waals surface area (Å²) in [5.41, 5.74) is 0.394. The second kappa shape index (κ2) is 11.6. The van der Waals surface area contributed by atoms with Crippen LogP contribution in [0.5, 0.6) is 11.5 Å². The highest BCUT2D eigenvalue weighted by Gasteiger charge is 2.63. The first kappa shape index (κ1) is 30.7. The minimum absolute atomic E-state index is 0.0480. The number of carbonyl (C=O) groups excluding carboxylic acids is 3. The van der Waals surface area contributed by atoms with Crippen molar-refractivity contribution in [3.8, 4) is 11.5 Å². The summed E-state index contributed by atoms with van der Waals surface area (Å²) < 4.78 is 25.0. The summed E-state index contributed by atoms with van der Waals surface area (Å²) in [5.74, 6) is -0.0195. The van der Waals surface area contributed by atoms with Crippen molar-refractivity contribution in [1.82, 2.24) is 9.80 Å². The lowest BCUT2D eigenvalue weighted by Gasteiger charge is -2.58. The number of imide groups is 1. The second-order valence-corrected chi connectivity index (χ2v) is 17.2. The van der Waals surface area contributed by atoms with Gasteiger partial charge in [0.05, 0.1) is 32.1 Å². The summed E-state index contributed by atoms with van der Waals surface area (Å²) in [5, 5.41) is -0.0561. The summed E-state index contributed by atoms with van der Waals surface area (Å²) in [6, 6.07) is 13.8. The summed E-state index contributed by atoms with van der Waals surface area (Å²) in [7, 11) is 1.00. The van der Waals surface area contributed by atoms with E-state index in [0.29, 0.717) is 11.3 Å². The van der Waals surface area contributed by atoms with Crippen molar-refractivity contribution >= 4 is 26.0 Å². The number of carbonyl (C=O) groups is 3. The van der Waals surface area contributed by atoms with Gasteiger partial charge < -0.3 is 18.6 Å². The van der Waals surface area contributed by atoms with Gasteiger partial charge in [-0.15, -0.1) is 0 Å². The second-order valence-electron chi connectivity index (χ2n) is 12.4. The van der Waals surface area contributed by atoms with Crippen LogP contribution in [0.15, 0.2) is 48.5 Å². The molecule has 0 saturated carbocycles. The predicted molar refractivity (Wildman–Crippen MR) is 157 cm³/mol. The number of hydrogen-bond donors (Lipinski definition) is 0. The lowest BCUT2D eigenvalue weighted by Crippen LogP contribution is -2.74. The van der Waals surface area contributed by atoms with E-state index in [1.54, 1.807) is 14.2 Å². The van der Waals surface area contributed by atoms with Gasteiger partial charge in [0.1, 0.15) is 23.9 Å². The Kier molecular flexibility index (Phi) is 8.68. The molecule has 1 fully saturated rings. The standard InChI is InChI=1S/C31H42N2O7Si/c1-21(34)17-27(35)33-28-24-11-9-10-12-26(24)40-31(32(5)29(33)36,25(28)19-39-41(7,8)30(2,3)4)20-38-18-22-13-15-23(37-6)16-14-22/h9-16,25,28H,17-20H2,1-8H3/t25-,28-,31+/m1/s1. The van der Waals surface area contributed by atoms with Crippen molar-refractivity contribution < 1.29 is 33.0 Å². The maximum atomic E-state index is 13.9. The van der Waals surface area contributed by atoms with Gasteiger partial charge in [-0.1, -0.05) is 51.1 Å². The lowest BCUT2D eigenvalue weighted by molar-refractivity contribution is -0.202. The number of likely N-dealkylation sites (N-methyl/N-ethyl adjacent to an activating group) is 1. The number of rotatable bonds is 10. The average molecular weight is 583 g/mol. The Morgan fingerprint density at radius 3 is 2.34 bits per heavy atom. The molecule has 1 saturated heterocycles. The minimum Gasteiger partial charge on any atom is -0.497 e. The Bertz CT molecular complexity index is 1290. The van der Waals surface area contributed by atoms with Gasteiger partial charge in [0.15, 0.2) is 8.32 Å². The number of benzene rings is 2. The van der Waals surface area contributed by atoms with Gasteiger partial charge in [0.25, 0.3) is 0 Å². The molecule has 2 aromatic carbocycles. The van der Waals surface area contributed by atoms with E-state index >= 15 is 0 Å². The van der Waals surface area contributed by atoms with Crippen LogP contribution in [0.25, 0.3) is 0 Å². The monoisotopic (exact) mass is 582 g/mol. The van der Waals surface area contributed by atoms with Crippen LogP contribution in [0, 0.1) is 5.92 Å². The Hall–Kier alpha value is -3.21. The fourth-order valence-corrected chi connectivity index (χ4v) is 6.22. The first-order valence-corrected chi connectivity index (χ1v) is 16.8. The van der Waals surface area contributed by atoms with Crippen molar-refractivity contribution in [2.24, 2.45) is 5.92 Å². The van der Waals surface area contributed by atoms with Crippen LogP contribution in [-0.2, 0) is 25.4 Å². The summed E-state index contributed by atoms with van der Waals surface area (Å²) in [6.07, 6.45) is -0.365. The van der Waals surface area contributed by atoms with E-state index in [4.69, 9.17) is 18.6 Å². The van der Waals surface area contributed by atoms with Crippen molar-refractivity contribution in [2.45, 2.75) is 70.6 Å². The molecule has 2 aromatic rings. The molecule has 3 atom stereocenters. The van der Waals surface area contributed by atoms with E-state index < -0.39 is 37.9 Å². The van der Waals surface area contributed by atoms with Crippen LogP contribution in [0.1, 0.15) is 51.3 Å². The van der Waals surface area contributed by atoms with Crippen molar-refractivity contribution in [1.29, 1.82) is 0 Å². The number of hydrogen-bond acceptors (Lipinski definition) is 7. The number of para-hydroxylation sites is 1. The highest BCUT2D eigenvalue weighted by molar-refractivity contribution is 6.74. The highest BCUT2D eigenvalue weighted by atomic mass is 28.4. The van der Waals surface area contributed by atoms with Gasteiger partial charge in [0.2, 0.25) is 11.6 Å². The minimum atomic E-state index is -2.24. The molecule has 0 spiro atoms. The van der Waals surface area contributed by atoms with Crippen molar-refractivity contribution in [3.05, 3.63) is 59.7 Å². The molecule has 10 heteroatoms. The third kappa shape index (κ3) is 5.91. The molecule has 2 aliphatic rings. The zero-order valence-corrected chi connectivity index (χ0v) is 26.4. The normalized spacial score (nSPS) is 22.2. The van der Waals surface area contributed by atoms with Crippen LogP contribution >= 0.6 is 0 Å². The highest BCUT2D eigenvalue weighted by Crippen LogP contribution is 2.52. The van der Waals surface area contributed by atoms with Gasteiger partial charge in [0, 0.05) is 19.2 Å². The molecular formula is C31H42N2O7Si. The van der Waals surface area contributed by atoms with Gasteiger partial charge in [-0.05, 0) is 48.8 Å². The molecule has 41 heavy (non-hydrogen) atoms. The zero-order valence-electron chi connectivity index (χ0n) is 25.4. The van der Waals surface area contributed by atoms with Crippen LogP contribution in [0.3, 0.4) is 0 Å². The predicted octanol–water partition coefficient (Wildman–Crippen LogP) is 5.55. The van der Waals surface area contributed by atoms with E-state index in [1.807, 2.05) is 48.5 Å². The van der Waals surface area contributed by atoms with Gasteiger partial charge in [-0.3, -0.25) is 19.4 Å². The summed E-state index contributed by atoms with van der Waals surface area (Å²) in [4.78, 5) is 42.1. The number of urea groups is 1. The first-order valence-electron chi connectivity index (χ1n) is 13.9. The number of amides is 3. The Balaban J connectivity index is 1.77. The largest absolute Gasteiger partial charge is 0.497 e. The number of nitrogens with zero attached hydrogens (tertiary/aromatic N) is 2. The van der Waals surface area contributed by atoms with Crippen LogP contribution < -0.4 is 9.47 Å². The van der Waals surface area contributed by atoms with Crippen LogP contribution in [0.4, 0.5) is 4.79 Å². The molecule has 0 aliphatic carbocycles. The molecule has 2 bridgehead atoms. The fraction of sp³-hybridized carbons (Fsp3) is 0.516. The van der Waals surface area contributed by atoms with Crippen LogP contribution in [0.2, 0.25) is 18.1 Å². The van der Waals surface area contributed by atoms with Gasteiger partial charge >= 0.3 is 6.03 Å². The van der Waals surface area contributed by atoms with E-state index in [1.165, 1.54) is 16.7 Å². The Morgan fingerprint density at radius 2 is 1.73 bits per heavy atom. The van der Waals surface area contributed by atoms with E-state index in [0.717, 1.165) is 11.3 Å². The number of ether oxygens (including phenoxy) is 3. The molecule has 222 valence electrons. The SMILES string of the molecule is COc1ccc(COC[C@]23Oc4ccccc4[C@H]([C@H]2CO[Si](C)(C)C(C)(C)C)N(C(=O)CC(C)=O)C(=O)N3C)cc1. The third-order valence-corrected chi connectivity index (χ3v) is 13.2. The smallest absolute Gasteiger partial charge is 0.330 e. The topological polar surface area (TPSA) is 94.6 Å². The average Bonchev–Trinajstić information content (AvgIpc) is 2.90. The van der Waals surface area contributed by atoms with E-state index in [-0.39, 0.29) is 37.1 Å². The third-order valence-electron chi connectivity index (χ3n) is 8.66. The molecule has 2 heterocycles. The first-order chi connectivity index (χ1) is 19.2. The molecule has 0 aromatic heterocycles. The lowest BCUT2D eigenvalue weighted by atomic mass is 9.78. The number of Topliss-reactive ketones (excluding diaryl/α,β-unsaturated/α-hetero) is 1. The molecule has 2 aliphatic heterocycles. The molecular weight excluding hydrogens is 540 g/mol. The zero-order chi connectivity index (χ0) is 30.2. The number of ketones is 1. The number of methoxy groups -OCH3 is 1. The quantitative estimate of drug-likeness (QED) is 0.268. The Morgan fingerprint density at radius 1 is 1.07 bits per heavy atom. The van der Waals surface area contributed by atoms with Gasteiger partial charge in [-0.2, -0.15) is 0 Å². The van der Waals surface area contributed by atoms with Gasteiger partial charge in [-0.25, -0.2) is 4.79 Å². The molecule has 9 nitrogen and oxygen atoms in total. The van der Waals surface area contributed by atoms with Crippen molar-refractivity contribution in [2.75, 3.05) is 27.4 Å². The van der Waals surface area contributed by atoms with E-state index in [2.05, 4.69) is 33.9 Å². The molecule has 3 amide bonds. The summed E-state index contributed by atoms with van der Waals surface area (Å²) in [6.45, 7) is 12.8. The molecule has 0 unspecified atom stereocenters. The number of fused-ring (bicyclic) bond motifs is 4. The van der Waals surface area contributed by atoms with E-state index in [9.17, 15) is 14.4 Å². The molecule has 4 rings (SSSR count). The maximum Gasteiger partial charge on any atom is 0.330 e. The maximum absolute atomic E-state index is 13.9. The molecule has 0 N–H and O–H groups in total. The Labute approximate surface area is 243 Å².